The largest absolute Gasteiger partial charge is 0.339 e. The van der Waals surface area contributed by atoms with E-state index in [1.54, 1.807) is 11.6 Å². The van der Waals surface area contributed by atoms with E-state index in [9.17, 15) is 13.2 Å². The normalized spacial score (nSPS) is 18.7. The van der Waals surface area contributed by atoms with Crippen molar-refractivity contribution in [1.82, 2.24) is 13.9 Å². The highest BCUT2D eigenvalue weighted by molar-refractivity contribution is 7.89. The van der Waals surface area contributed by atoms with Gasteiger partial charge in [0, 0.05) is 32.0 Å². The van der Waals surface area contributed by atoms with Crippen LogP contribution in [0.1, 0.15) is 24.0 Å². The molecule has 1 aliphatic rings. The quantitative estimate of drug-likeness (QED) is 0.885. The zero-order valence-corrected chi connectivity index (χ0v) is 16.1. The summed E-state index contributed by atoms with van der Waals surface area (Å²) in [5.74, 6) is -0.516. The lowest BCUT2D eigenvalue weighted by atomic mass is 9.98. The van der Waals surface area contributed by atoms with Gasteiger partial charge in [-0.3, -0.25) is 4.79 Å². The molecule has 2 aromatic rings. The van der Waals surface area contributed by atoms with Crippen molar-refractivity contribution in [3.63, 3.8) is 0 Å². The number of carbonyl (C=O) groups excluding carboxylic acids is 1. The van der Waals surface area contributed by atoms with Crippen LogP contribution in [-0.4, -0.2) is 41.3 Å². The van der Waals surface area contributed by atoms with Crippen molar-refractivity contribution in [1.29, 1.82) is 0 Å². The Bertz CT molecular complexity index is 920. The molecule has 1 N–H and O–H groups in total. The number of piperidine rings is 1. The number of hydrogen-bond acceptors (Lipinski definition) is 4. The summed E-state index contributed by atoms with van der Waals surface area (Å²) in [6.07, 6.45) is 4.26. The summed E-state index contributed by atoms with van der Waals surface area (Å²) in [7, 11) is -1.95. The molecular weight excluding hydrogens is 352 g/mol. The summed E-state index contributed by atoms with van der Waals surface area (Å²) in [6.45, 7) is 4.59. The number of hydrogen-bond donors (Lipinski definition) is 1. The zero-order valence-electron chi connectivity index (χ0n) is 15.3. The van der Waals surface area contributed by atoms with E-state index in [2.05, 4.69) is 10.3 Å². The Morgan fingerprint density at radius 2 is 2.04 bits per heavy atom. The molecule has 1 aromatic heterocycles. The minimum atomic E-state index is -3.67. The maximum absolute atomic E-state index is 12.7. The molecule has 0 spiro atoms. The monoisotopic (exact) mass is 376 g/mol. The maximum Gasteiger partial charge on any atom is 0.262 e. The smallest absolute Gasteiger partial charge is 0.262 e. The second kappa shape index (κ2) is 7.20. The summed E-state index contributed by atoms with van der Waals surface area (Å²) in [6, 6.07) is 5.76. The highest BCUT2D eigenvalue weighted by Gasteiger charge is 2.34. The Hall–Kier alpha value is -2.19. The molecule has 8 heteroatoms. The SMILES string of the molecule is Cc1ccc(NC(=O)[C@H]2CCCN(S(=O)(=O)c3cn(C)cn3)C2)cc1C. The number of carbonyl (C=O) groups is 1. The zero-order chi connectivity index (χ0) is 18.9. The molecule has 0 radical (unpaired) electrons. The summed E-state index contributed by atoms with van der Waals surface area (Å²) < 4.78 is 28.4. The first-order chi connectivity index (χ1) is 12.3. The van der Waals surface area contributed by atoms with E-state index >= 15 is 0 Å². The molecule has 1 saturated heterocycles. The molecule has 1 aliphatic heterocycles. The van der Waals surface area contributed by atoms with Crippen LogP contribution in [0.5, 0.6) is 0 Å². The Morgan fingerprint density at radius 3 is 2.69 bits per heavy atom. The molecule has 0 saturated carbocycles. The van der Waals surface area contributed by atoms with Gasteiger partial charge < -0.3 is 9.88 Å². The first-order valence-electron chi connectivity index (χ1n) is 8.63. The lowest BCUT2D eigenvalue weighted by Gasteiger charge is -2.30. The third-order valence-corrected chi connectivity index (χ3v) is 6.57. The third kappa shape index (κ3) is 3.81. The standard InChI is InChI=1S/C18H24N4O3S/c1-13-6-7-16(9-14(13)2)20-18(23)15-5-4-8-22(10-15)26(24,25)17-11-21(3)12-19-17/h6-7,9,11-12,15H,4-5,8,10H2,1-3H3,(H,20,23)/t15-/m0/s1. The average molecular weight is 376 g/mol. The van der Waals surface area contributed by atoms with Crippen molar-refractivity contribution in [2.24, 2.45) is 13.0 Å². The number of nitrogens with zero attached hydrogens (tertiary/aromatic N) is 3. The van der Waals surface area contributed by atoms with Crippen LogP contribution in [0, 0.1) is 19.8 Å². The number of sulfonamides is 1. The molecule has 2 heterocycles. The highest BCUT2D eigenvalue weighted by atomic mass is 32.2. The Kier molecular flexibility index (Phi) is 5.15. The minimum absolute atomic E-state index is 0.0233. The van der Waals surface area contributed by atoms with Gasteiger partial charge in [-0.15, -0.1) is 0 Å². The van der Waals surface area contributed by atoms with E-state index in [0.29, 0.717) is 19.4 Å². The number of nitrogens with one attached hydrogen (secondary N) is 1. The minimum Gasteiger partial charge on any atom is -0.339 e. The molecule has 7 nitrogen and oxygen atoms in total. The fraction of sp³-hybridized carbons (Fsp3) is 0.444. The molecule has 26 heavy (non-hydrogen) atoms. The van der Waals surface area contributed by atoms with Crippen LogP contribution in [0.2, 0.25) is 0 Å². The fourth-order valence-electron chi connectivity index (χ4n) is 3.09. The molecule has 1 amide bonds. The van der Waals surface area contributed by atoms with Crippen molar-refractivity contribution in [3.8, 4) is 0 Å². The second-order valence-electron chi connectivity index (χ2n) is 6.87. The van der Waals surface area contributed by atoms with E-state index in [1.165, 1.54) is 16.8 Å². The topological polar surface area (TPSA) is 84.3 Å². The molecule has 0 aliphatic carbocycles. The summed E-state index contributed by atoms with van der Waals surface area (Å²) in [5.41, 5.74) is 3.00. The van der Waals surface area contributed by atoms with Crippen LogP contribution in [0.4, 0.5) is 5.69 Å². The van der Waals surface area contributed by atoms with Crippen LogP contribution >= 0.6 is 0 Å². The lowest BCUT2D eigenvalue weighted by Crippen LogP contribution is -2.43. The number of anilines is 1. The first kappa shape index (κ1) is 18.6. The van der Waals surface area contributed by atoms with Gasteiger partial charge in [-0.25, -0.2) is 13.4 Å². The molecule has 140 valence electrons. The fourth-order valence-corrected chi connectivity index (χ4v) is 4.58. The summed E-state index contributed by atoms with van der Waals surface area (Å²) in [4.78, 5) is 16.6. The Balaban J connectivity index is 1.71. The van der Waals surface area contributed by atoms with Crippen molar-refractivity contribution in [2.75, 3.05) is 18.4 Å². The van der Waals surface area contributed by atoms with E-state index < -0.39 is 10.0 Å². The van der Waals surface area contributed by atoms with Gasteiger partial charge in [-0.2, -0.15) is 4.31 Å². The van der Waals surface area contributed by atoms with Crippen molar-refractivity contribution in [3.05, 3.63) is 41.9 Å². The van der Waals surface area contributed by atoms with Crippen LogP contribution in [0.3, 0.4) is 0 Å². The van der Waals surface area contributed by atoms with Crippen molar-refractivity contribution >= 4 is 21.6 Å². The van der Waals surface area contributed by atoms with Gasteiger partial charge in [0.25, 0.3) is 10.0 Å². The van der Waals surface area contributed by atoms with Crippen LogP contribution in [0.15, 0.2) is 35.7 Å². The molecular formula is C18H24N4O3S. The van der Waals surface area contributed by atoms with Gasteiger partial charge in [0.2, 0.25) is 5.91 Å². The van der Waals surface area contributed by atoms with Gasteiger partial charge in [0.15, 0.2) is 5.03 Å². The van der Waals surface area contributed by atoms with Gasteiger partial charge in [0.05, 0.1) is 12.2 Å². The summed E-state index contributed by atoms with van der Waals surface area (Å²) >= 11 is 0. The first-order valence-corrected chi connectivity index (χ1v) is 10.1. The highest BCUT2D eigenvalue weighted by Crippen LogP contribution is 2.24. The Labute approximate surface area is 154 Å². The van der Waals surface area contributed by atoms with E-state index in [-0.39, 0.29) is 23.4 Å². The number of imidazole rings is 1. The third-order valence-electron chi connectivity index (χ3n) is 4.81. The number of rotatable bonds is 4. The number of aromatic nitrogens is 2. The number of aryl methyl sites for hydroxylation is 3. The van der Waals surface area contributed by atoms with Crippen molar-refractivity contribution in [2.45, 2.75) is 31.7 Å². The van der Waals surface area contributed by atoms with E-state index in [0.717, 1.165) is 16.8 Å². The van der Waals surface area contributed by atoms with E-state index in [4.69, 9.17) is 0 Å². The molecule has 0 unspecified atom stereocenters. The van der Waals surface area contributed by atoms with Crippen molar-refractivity contribution < 1.29 is 13.2 Å². The van der Waals surface area contributed by atoms with E-state index in [1.807, 2.05) is 32.0 Å². The summed E-state index contributed by atoms with van der Waals surface area (Å²) in [5, 5.41) is 2.94. The predicted molar refractivity (Wildman–Crippen MR) is 99.2 cm³/mol. The average Bonchev–Trinajstić information content (AvgIpc) is 3.05. The second-order valence-corrected chi connectivity index (χ2v) is 8.75. The molecule has 1 aromatic carbocycles. The predicted octanol–water partition coefficient (Wildman–Crippen LogP) is 2.08. The van der Waals surface area contributed by atoms with Crippen LogP contribution in [0.25, 0.3) is 0 Å². The van der Waals surface area contributed by atoms with Gasteiger partial charge >= 0.3 is 0 Å². The van der Waals surface area contributed by atoms with Crippen LogP contribution < -0.4 is 5.32 Å². The van der Waals surface area contributed by atoms with Gasteiger partial charge in [-0.1, -0.05) is 6.07 Å². The molecule has 1 fully saturated rings. The number of amides is 1. The maximum atomic E-state index is 12.7. The lowest BCUT2D eigenvalue weighted by molar-refractivity contribution is -0.120. The van der Waals surface area contributed by atoms with Gasteiger partial charge in [0.1, 0.15) is 0 Å². The Morgan fingerprint density at radius 1 is 1.27 bits per heavy atom. The molecule has 1 atom stereocenters. The van der Waals surface area contributed by atoms with Crippen LogP contribution in [-0.2, 0) is 21.9 Å². The molecule has 0 bridgehead atoms. The number of benzene rings is 1. The van der Waals surface area contributed by atoms with Gasteiger partial charge in [-0.05, 0) is 49.9 Å². The molecule has 3 rings (SSSR count).